The Labute approximate surface area is 128 Å². The van der Waals surface area contributed by atoms with E-state index in [4.69, 9.17) is 5.11 Å². The number of aliphatic carboxylic acids is 1. The number of aromatic nitrogens is 1. The van der Waals surface area contributed by atoms with Crippen LogP contribution in [-0.2, 0) is 16.1 Å². The third-order valence-corrected chi connectivity index (χ3v) is 2.92. The predicted octanol–water partition coefficient (Wildman–Crippen LogP) is 1.61. The Morgan fingerprint density at radius 2 is 1.86 bits per heavy atom. The smallest absolute Gasteiger partial charge is 0.317 e. The topological polar surface area (TPSA) is 82.5 Å². The van der Waals surface area contributed by atoms with E-state index in [1.807, 2.05) is 30.3 Å². The molecule has 0 aliphatic rings. The SMILES string of the molecule is O=C(O)CN(CC(=O)Nc1cccnc1)Cc1ccccc1. The normalized spacial score (nSPS) is 10.4. The Kier molecular flexibility index (Phi) is 5.62. The largest absolute Gasteiger partial charge is 0.480 e. The summed E-state index contributed by atoms with van der Waals surface area (Å²) >= 11 is 0. The minimum atomic E-state index is -0.967. The molecule has 0 aliphatic heterocycles. The van der Waals surface area contributed by atoms with Gasteiger partial charge in [-0.25, -0.2) is 0 Å². The molecule has 2 N–H and O–H groups in total. The van der Waals surface area contributed by atoms with E-state index in [1.54, 1.807) is 23.2 Å². The van der Waals surface area contributed by atoms with Gasteiger partial charge < -0.3 is 10.4 Å². The van der Waals surface area contributed by atoms with E-state index in [1.165, 1.54) is 6.20 Å². The van der Waals surface area contributed by atoms with Crippen molar-refractivity contribution in [3.8, 4) is 0 Å². The molecule has 1 heterocycles. The van der Waals surface area contributed by atoms with Crippen molar-refractivity contribution in [1.82, 2.24) is 9.88 Å². The van der Waals surface area contributed by atoms with Crippen LogP contribution in [0.5, 0.6) is 0 Å². The Morgan fingerprint density at radius 3 is 2.50 bits per heavy atom. The van der Waals surface area contributed by atoms with E-state index in [0.29, 0.717) is 12.2 Å². The van der Waals surface area contributed by atoms with E-state index in [2.05, 4.69) is 10.3 Å². The van der Waals surface area contributed by atoms with Gasteiger partial charge in [0, 0.05) is 12.7 Å². The number of amides is 1. The van der Waals surface area contributed by atoms with Crippen molar-refractivity contribution in [2.24, 2.45) is 0 Å². The minimum absolute atomic E-state index is 0.00388. The summed E-state index contributed by atoms with van der Waals surface area (Å²) in [4.78, 5) is 28.5. The number of anilines is 1. The number of carboxylic acids is 1. The molecule has 6 heteroatoms. The highest BCUT2D eigenvalue weighted by molar-refractivity contribution is 5.92. The number of pyridine rings is 1. The highest BCUT2D eigenvalue weighted by Crippen LogP contribution is 2.06. The summed E-state index contributed by atoms with van der Waals surface area (Å²) in [6.07, 6.45) is 3.15. The number of benzene rings is 1. The molecule has 0 bridgehead atoms. The lowest BCUT2D eigenvalue weighted by atomic mass is 10.2. The molecular formula is C16H17N3O3. The molecule has 0 saturated carbocycles. The van der Waals surface area contributed by atoms with Crippen LogP contribution in [0.1, 0.15) is 5.56 Å². The number of carboxylic acid groups (broad SMARTS) is 1. The molecule has 2 aromatic rings. The number of hydrogen-bond acceptors (Lipinski definition) is 4. The fraction of sp³-hybridized carbons (Fsp3) is 0.188. The van der Waals surface area contributed by atoms with Crippen molar-refractivity contribution in [1.29, 1.82) is 0 Å². The van der Waals surface area contributed by atoms with Crippen LogP contribution in [0.15, 0.2) is 54.9 Å². The minimum Gasteiger partial charge on any atom is -0.480 e. The van der Waals surface area contributed by atoms with Crippen LogP contribution >= 0.6 is 0 Å². The number of nitrogens with zero attached hydrogens (tertiary/aromatic N) is 2. The molecule has 2 rings (SSSR count). The van der Waals surface area contributed by atoms with Gasteiger partial charge in [-0.2, -0.15) is 0 Å². The maximum absolute atomic E-state index is 12.0. The van der Waals surface area contributed by atoms with Gasteiger partial charge in [0.15, 0.2) is 0 Å². The number of carbonyl (C=O) groups is 2. The summed E-state index contributed by atoms with van der Waals surface area (Å²) in [7, 11) is 0. The summed E-state index contributed by atoms with van der Waals surface area (Å²) < 4.78 is 0. The molecule has 0 fully saturated rings. The predicted molar refractivity (Wildman–Crippen MR) is 82.2 cm³/mol. The van der Waals surface area contributed by atoms with Crippen LogP contribution in [0.4, 0.5) is 5.69 Å². The third-order valence-electron chi connectivity index (χ3n) is 2.92. The lowest BCUT2D eigenvalue weighted by molar-refractivity contribution is -0.138. The van der Waals surface area contributed by atoms with Crippen LogP contribution in [0.3, 0.4) is 0 Å². The van der Waals surface area contributed by atoms with E-state index in [0.717, 1.165) is 5.56 Å². The number of rotatable bonds is 7. The molecule has 114 valence electrons. The van der Waals surface area contributed by atoms with Crippen molar-refractivity contribution in [3.63, 3.8) is 0 Å². The maximum Gasteiger partial charge on any atom is 0.317 e. The first-order chi connectivity index (χ1) is 10.6. The Morgan fingerprint density at radius 1 is 1.09 bits per heavy atom. The average molecular weight is 299 g/mol. The van der Waals surface area contributed by atoms with Gasteiger partial charge in [-0.1, -0.05) is 30.3 Å². The van der Waals surface area contributed by atoms with Gasteiger partial charge in [0.2, 0.25) is 5.91 Å². The fourth-order valence-electron chi connectivity index (χ4n) is 2.04. The first kappa shape index (κ1) is 15.7. The van der Waals surface area contributed by atoms with Gasteiger partial charge in [0.25, 0.3) is 0 Å². The van der Waals surface area contributed by atoms with Crippen LogP contribution in [0.25, 0.3) is 0 Å². The summed E-state index contributed by atoms with van der Waals surface area (Å²) in [6, 6.07) is 12.9. The first-order valence-electron chi connectivity index (χ1n) is 6.81. The van der Waals surface area contributed by atoms with Crippen LogP contribution in [0, 0.1) is 0 Å². The van der Waals surface area contributed by atoms with E-state index >= 15 is 0 Å². The number of carbonyl (C=O) groups excluding carboxylic acids is 1. The van der Waals surface area contributed by atoms with Gasteiger partial charge in [-0.05, 0) is 17.7 Å². The Balaban J connectivity index is 1.97. The summed E-state index contributed by atoms with van der Waals surface area (Å²) in [5.74, 6) is -1.24. The summed E-state index contributed by atoms with van der Waals surface area (Å²) in [6.45, 7) is 0.193. The zero-order valence-electron chi connectivity index (χ0n) is 12.0. The van der Waals surface area contributed by atoms with Crippen LogP contribution in [0.2, 0.25) is 0 Å². The second-order valence-corrected chi connectivity index (χ2v) is 4.81. The van der Waals surface area contributed by atoms with Gasteiger partial charge in [-0.15, -0.1) is 0 Å². The second-order valence-electron chi connectivity index (χ2n) is 4.81. The fourth-order valence-corrected chi connectivity index (χ4v) is 2.04. The third kappa shape index (κ3) is 5.34. The molecule has 0 aliphatic carbocycles. The summed E-state index contributed by atoms with van der Waals surface area (Å²) in [5, 5.41) is 11.7. The van der Waals surface area contributed by atoms with E-state index in [-0.39, 0.29) is 19.0 Å². The second kappa shape index (κ2) is 7.90. The quantitative estimate of drug-likeness (QED) is 0.811. The van der Waals surface area contributed by atoms with Crippen molar-refractivity contribution < 1.29 is 14.7 Å². The average Bonchev–Trinajstić information content (AvgIpc) is 2.48. The van der Waals surface area contributed by atoms with Gasteiger partial charge in [0.1, 0.15) is 0 Å². The van der Waals surface area contributed by atoms with Crippen molar-refractivity contribution in [3.05, 3.63) is 60.4 Å². The highest BCUT2D eigenvalue weighted by atomic mass is 16.4. The number of nitrogens with one attached hydrogen (secondary N) is 1. The number of hydrogen-bond donors (Lipinski definition) is 2. The molecule has 0 unspecified atom stereocenters. The maximum atomic E-state index is 12.0. The van der Waals surface area contributed by atoms with Crippen molar-refractivity contribution in [2.45, 2.75) is 6.54 Å². The zero-order valence-corrected chi connectivity index (χ0v) is 12.0. The molecular weight excluding hydrogens is 282 g/mol. The molecule has 0 radical (unpaired) electrons. The molecule has 0 spiro atoms. The standard InChI is InChI=1S/C16H17N3O3/c20-15(18-14-7-4-8-17-9-14)11-19(12-16(21)22)10-13-5-2-1-3-6-13/h1-9H,10-12H2,(H,18,20)(H,21,22). The molecule has 1 aromatic carbocycles. The molecule has 6 nitrogen and oxygen atoms in total. The molecule has 22 heavy (non-hydrogen) atoms. The van der Waals surface area contributed by atoms with Crippen molar-refractivity contribution in [2.75, 3.05) is 18.4 Å². The lowest BCUT2D eigenvalue weighted by Gasteiger charge is -2.19. The van der Waals surface area contributed by atoms with E-state index < -0.39 is 5.97 Å². The molecule has 0 saturated heterocycles. The van der Waals surface area contributed by atoms with Crippen LogP contribution in [-0.4, -0.2) is 40.0 Å². The van der Waals surface area contributed by atoms with E-state index in [9.17, 15) is 9.59 Å². The van der Waals surface area contributed by atoms with Gasteiger partial charge >= 0.3 is 5.97 Å². The Bertz CT molecular complexity index is 617. The lowest BCUT2D eigenvalue weighted by Crippen LogP contribution is -2.36. The van der Waals surface area contributed by atoms with Crippen molar-refractivity contribution >= 4 is 17.6 Å². The van der Waals surface area contributed by atoms with Gasteiger partial charge in [-0.3, -0.25) is 19.5 Å². The Hall–Kier alpha value is -2.73. The zero-order chi connectivity index (χ0) is 15.8. The van der Waals surface area contributed by atoms with Crippen LogP contribution < -0.4 is 5.32 Å². The molecule has 1 aromatic heterocycles. The summed E-state index contributed by atoms with van der Waals surface area (Å²) in [5.41, 5.74) is 1.54. The van der Waals surface area contributed by atoms with Gasteiger partial charge in [0.05, 0.1) is 25.0 Å². The monoisotopic (exact) mass is 299 g/mol. The molecule has 1 amide bonds. The highest BCUT2D eigenvalue weighted by Gasteiger charge is 2.14. The first-order valence-corrected chi connectivity index (χ1v) is 6.81. The molecule has 0 atom stereocenters.